The second kappa shape index (κ2) is 6.58. The highest BCUT2D eigenvalue weighted by Gasteiger charge is 2.30. The van der Waals surface area contributed by atoms with Crippen LogP contribution in [0.5, 0.6) is 0 Å². The molecule has 0 fully saturated rings. The molecule has 0 spiro atoms. The van der Waals surface area contributed by atoms with Gasteiger partial charge >= 0.3 is 0 Å². The largest absolute Gasteiger partial charge is 0.265 e. The number of hydrogen-bond acceptors (Lipinski definition) is 6. The van der Waals surface area contributed by atoms with E-state index in [4.69, 9.17) is 4.18 Å². The molecular formula is C16H16N2O5S2. The molecule has 9 heteroatoms. The van der Waals surface area contributed by atoms with Crippen LogP contribution in [0, 0.1) is 0 Å². The van der Waals surface area contributed by atoms with E-state index in [9.17, 15) is 16.8 Å². The summed E-state index contributed by atoms with van der Waals surface area (Å²) < 4.78 is 54.7. The zero-order valence-corrected chi connectivity index (χ0v) is 14.9. The van der Waals surface area contributed by atoms with E-state index in [0.29, 0.717) is 11.1 Å². The fourth-order valence-corrected chi connectivity index (χ4v) is 4.34. The van der Waals surface area contributed by atoms with Gasteiger partial charge in [0.1, 0.15) is 11.9 Å². The number of nitrogens with zero attached hydrogens (tertiary/aromatic N) is 1. The molecular weight excluding hydrogens is 364 g/mol. The number of nitrogens with one attached hydrogen (secondary N) is 1. The van der Waals surface area contributed by atoms with Crippen LogP contribution in [0.3, 0.4) is 0 Å². The normalized spacial score (nSPS) is 18.5. The number of benzene rings is 2. The molecule has 0 saturated carbocycles. The molecule has 1 atom stereocenters. The van der Waals surface area contributed by atoms with Crippen LogP contribution in [0.15, 0.2) is 64.5 Å². The van der Waals surface area contributed by atoms with Gasteiger partial charge in [-0.3, -0.25) is 13.9 Å². The van der Waals surface area contributed by atoms with Crippen molar-refractivity contribution in [2.24, 2.45) is 4.99 Å². The molecule has 0 aliphatic carbocycles. The van der Waals surface area contributed by atoms with Crippen LogP contribution in [0.1, 0.15) is 17.2 Å². The first kappa shape index (κ1) is 17.6. The van der Waals surface area contributed by atoms with Crippen molar-refractivity contribution in [2.75, 3.05) is 12.8 Å². The highest BCUT2D eigenvalue weighted by Crippen LogP contribution is 2.24. The van der Waals surface area contributed by atoms with Crippen molar-refractivity contribution < 1.29 is 21.0 Å². The van der Waals surface area contributed by atoms with Gasteiger partial charge in [0.25, 0.3) is 20.1 Å². The summed E-state index contributed by atoms with van der Waals surface area (Å²) in [5.74, 6) is 0.175. The molecule has 0 aromatic heterocycles. The molecule has 1 aliphatic rings. The third kappa shape index (κ3) is 4.06. The second-order valence-electron chi connectivity index (χ2n) is 5.49. The third-order valence-electron chi connectivity index (χ3n) is 3.54. The zero-order chi connectivity index (χ0) is 18.1. The average molecular weight is 380 g/mol. The van der Waals surface area contributed by atoms with Crippen molar-refractivity contribution in [3.8, 4) is 0 Å². The molecule has 25 heavy (non-hydrogen) atoms. The molecule has 1 heterocycles. The van der Waals surface area contributed by atoms with E-state index >= 15 is 0 Å². The molecule has 3 rings (SSSR count). The molecule has 0 saturated heterocycles. The smallest absolute Gasteiger partial charge is 0.264 e. The monoisotopic (exact) mass is 380 g/mol. The summed E-state index contributed by atoms with van der Waals surface area (Å²) in [6, 6.07) is 15.2. The Labute approximate surface area is 146 Å². The summed E-state index contributed by atoms with van der Waals surface area (Å²) in [6.45, 7) is -0.0523. The van der Waals surface area contributed by atoms with Gasteiger partial charge in [0.05, 0.1) is 17.7 Å². The summed E-state index contributed by atoms with van der Waals surface area (Å²) in [7, 11) is -7.35. The maximum Gasteiger partial charge on any atom is 0.265 e. The van der Waals surface area contributed by atoms with Gasteiger partial charge in [-0.05, 0) is 17.7 Å². The molecule has 7 nitrogen and oxygen atoms in total. The number of amidine groups is 1. The number of aliphatic imine (C=N–C) groups is 1. The Bertz CT molecular complexity index is 1020. The lowest BCUT2D eigenvalue weighted by Crippen LogP contribution is -2.23. The third-order valence-corrected chi connectivity index (χ3v) is 5.52. The fraction of sp³-hybridized carbons (Fsp3) is 0.188. The predicted molar refractivity (Wildman–Crippen MR) is 93.3 cm³/mol. The van der Waals surface area contributed by atoms with E-state index in [1.54, 1.807) is 48.5 Å². The van der Waals surface area contributed by atoms with Crippen molar-refractivity contribution >= 4 is 26.0 Å². The van der Waals surface area contributed by atoms with Gasteiger partial charge in [0, 0.05) is 5.56 Å². The van der Waals surface area contributed by atoms with Gasteiger partial charge in [-0.15, -0.1) is 0 Å². The summed E-state index contributed by atoms with van der Waals surface area (Å²) >= 11 is 0. The van der Waals surface area contributed by atoms with Crippen LogP contribution >= 0.6 is 0 Å². The maximum absolute atomic E-state index is 12.1. The molecule has 2 aromatic rings. The minimum absolute atomic E-state index is 0.0523. The Morgan fingerprint density at radius 1 is 1.08 bits per heavy atom. The molecule has 0 amide bonds. The van der Waals surface area contributed by atoms with Gasteiger partial charge in [-0.2, -0.15) is 8.42 Å². The Morgan fingerprint density at radius 3 is 2.40 bits per heavy atom. The molecule has 1 N–H and O–H groups in total. The summed E-state index contributed by atoms with van der Waals surface area (Å²) in [5.41, 5.74) is 1.08. The van der Waals surface area contributed by atoms with Crippen molar-refractivity contribution in [1.82, 2.24) is 4.72 Å². The lowest BCUT2D eigenvalue weighted by molar-refractivity contribution is 0.224. The highest BCUT2D eigenvalue weighted by molar-refractivity contribution is 7.90. The van der Waals surface area contributed by atoms with Crippen LogP contribution in [-0.4, -0.2) is 35.5 Å². The second-order valence-corrected chi connectivity index (χ2v) is 8.74. The van der Waals surface area contributed by atoms with Gasteiger partial charge in [-0.25, -0.2) is 8.42 Å². The maximum atomic E-state index is 12.1. The van der Waals surface area contributed by atoms with Crippen molar-refractivity contribution in [3.63, 3.8) is 0 Å². The first-order valence-electron chi connectivity index (χ1n) is 7.36. The summed E-state index contributed by atoms with van der Waals surface area (Å²) in [6.07, 6.45) is 0.116. The first-order valence-corrected chi connectivity index (χ1v) is 10.7. The predicted octanol–water partition coefficient (Wildman–Crippen LogP) is 1.44. The van der Waals surface area contributed by atoms with Crippen LogP contribution < -0.4 is 4.72 Å². The molecule has 0 bridgehead atoms. The Balaban J connectivity index is 1.93. The summed E-state index contributed by atoms with van der Waals surface area (Å²) in [5, 5.41) is 0. The molecule has 1 aliphatic heterocycles. The number of hydrogen-bond donors (Lipinski definition) is 1. The SMILES string of the molecule is CS(=O)(=O)OC(CN=C1NS(=O)(=O)c2ccccc21)c1ccccc1. The standard InChI is InChI=1S/C16H16N2O5S2/c1-24(19,20)23-14(12-7-3-2-4-8-12)11-17-16-13-9-5-6-10-15(13)25(21,22)18-16/h2-10,14H,11H2,1H3,(H,17,18). The van der Waals surface area contributed by atoms with E-state index in [1.807, 2.05) is 0 Å². The molecule has 2 aromatic carbocycles. The fourth-order valence-electron chi connectivity index (χ4n) is 2.50. The van der Waals surface area contributed by atoms with E-state index in [2.05, 4.69) is 9.71 Å². The number of sulfonamides is 1. The van der Waals surface area contributed by atoms with Crippen molar-refractivity contribution in [3.05, 3.63) is 65.7 Å². The number of fused-ring (bicyclic) bond motifs is 1. The van der Waals surface area contributed by atoms with E-state index in [0.717, 1.165) is 6.26 Å². The van der Waals surface area contributed by atoms with Crippen molar-refractivity contribution in [2.45, 2.75) is 11.0 Å². The topological polar surface area (TPSA) is 102 Å². The van der Waals surface area contributed by atoms with Gasteiger partial charge < -0.3 is 0 Å². The lowest BCUT2D eigenvalue weighted by Gasteiger charge is -2.15. The Hall–Kier alpha value is -2.23. The number of rotatable bonds is 5. The van der Waals surface area contributed by atoms with Gasteiger partial charge in [-0.1, -0.05) is 42.5 Å². The van der Waals surface area contributed by atoms with Gasteiger partial charge in [0.15, 0.2) is 0 Å². The van der Waals surface area contributed by atoms with Crippen LogP contribution in [0.2, 0.25) is 0 Å². The molecule has 0 radical (unpaired) electrons. The first-order chi connectivity index (χ1) is 11.8. The van der Waals surface area contributed by atoms with E-state index < -0.39 is 26.2 Å². The van der Waals surface area contributed by atoms with E-state index in [1.165, 1.54) is 6.07 Å². The Kier molecular flexibility index (Phi) is 4.63. The minimum Gasteiger partial charge on any atom is -0.264 e. The van der Waals surface area contributed by atoms with E-state index in [-0.39, 0.29) is 17.3 Å². The minimum atomic E-state index is -3.71. The molecule has 132 valence electrons. The van der Waals surface area contributed by atoms with Crippen LogP contribution in [-0.2, 0) is 24.3 Å². The van der Waals surface area contributed by atoms with Crippen molar-refractivity contribution in [1.29, 1.82) is 0 Å². The van der Waals surface area contributed by atoms with Crippen LogP contribution in [0.4, 0.5) is 0 Å². The Morgan fingerprint density at radius 2 is 1.72 bits per heavy atom. The quantitative estimate of drug-likeness (QED) is 0.791. The summed E-state index contributed by atoms with van der Waals surface area (Å²) in [4.78, 5) is 4.41. The zero-order valence-electron chi connectivity index (χ0n) is 13.3. The highest BCUT2D eigenvalue weighted by atomic mass is 32.2. The van der Waals surface area contributed by atoms with Crippen LogP contribution in [0.25, 0.3) is 0 Å². The molecule has 1 unspecified atom stereocenters. The van der Waals surface area contributed by atoms with Gasteiger partial charge in [0.2, 0.25) is 0 Å². The lowest BCUT2D eigenvalue weighted by atomic mass is 10.1. The average Bonchev–Trinajstić information content (AvgIpc) is 2.83.